The van der Waals surface area contributed by atoms with Gasteiger partial charge in [0.1, 0.15) is 36.3 Å². The van der Waals surface area contributed by atoms with Crippen molar-refractivity contribution in [1.29, 1.82) is 0 Å². The van der Waals surface area contributed by atoms with Crippen LogP contribution in [0, 0.1) is 0 Å². The van der Waals surface area contributed by atoms with Gasteiger partial charge >= 0.3 is 5.97 Å². The summed E-state index contributed by atoms with van der Waals surface area (Å²) in [6.07, 6.45) is -0.0509. The lowest BCUT2D eigenvalue weighted by atomic mass is 10.0. The molecule has 0 bridgehead atoms. The van der Waals surface area contributed by atoms with Crippen LogP contribution in [0.4, 0.5) is 0 Å². The third-order valence-corrected chi connectivity index (χ3v) is 12.2. The first-order chi connectivity index (χ1) is 38.4. The fourth-order valence-corrected chi connectivity index (χ4v) is 8.08. The molecule has 80 heavy (non-hydrogen) atoms. The highest BCUT2D eigenvalue weighted by Gasteiger charge is 2.33. The molecule has 0 radical (unpaired) electrons. The Bertz CT molecular complexity index is 2760. The van der Waals surface area contributed by atoms with Crippen LogP contribution in [0.5, 0.6) is 0 Å². The van der Waals surface area contributed by atoms with Crippen LogP contribution in [0.15, 0.2) is 136 Å². The van der Waals surface area contributed by atoms with E-state index in [4.69, 9.17) is 34.2 Å². The van der Waals surface area contributed by atoms with Gasteiger partial charge in [0.15, 0.2) is 11.9 Å². The van der Waals surface area contributed by atoms with Crippen molar-refractivity contribution in [3.63, 3.8) is 0 Å². The summed E-state index contributed by atoms with van der Waals surface area (Å²) in [4.78, 5) is 120. The average molecular weight is 1100 g/mol. The third-order valence-electron chi connectivity index (χ3n) is 12.2. The van der Waals surface area contributed by atoms with Crippen molar-refractivity contribution in [2.75, 3.05) is 26.2 Å². The molecule has 0 aliphatic rings. The van der Waals surface area contributed by atoms with E-state index in [-0.39, 0.29) is 89.3 Å². The number of carboxylic acids is 1. The second-order valence-electron chi connectivity index (χ2n) is 18.5. The maximum atomic E-state index is 14.2. The van der Waals surface area contributed by atoms with E-state index in [9.17, 15) is 43.5 Å². The highest BCUT2D eigenvalue weighted by molar-refractivity contribution is 5.97. The monoisotopic (exact) mass is 1100 g/mol. The number of aliphatic carboxylic acids is 1. The minimum Gasteiger partial charge on any atom is -0.480 e. The number of carboxylic acid groups (broad SMARTS) is 1. The molecule has 0 aliphatic heterocycles. The van der Waals surface area contributed by atoms with Gasteiger partial charge in [0.05, 0.1) is 12.6 Å². The van der Waals surface area contributed by atoms with Gasteiger partial charge in [-0.15, -0.1) is 0 Å². The van der Waals surface area contributed by atoms with E-state index in [1.165, 1.54) is 0 Å². The van der Waals surface area contributed by atoms with Crippen molar-refractivity contribution < 1.29 is 43.5 Å². The molecule has 0 saturated carbocycles. The number of nitrogens with zero attached hydrogens (tertiary/aromatic N) is 5. The number of benzene rings is 4. The summed E-state index contributed by atoms with van der Waals surface area (Å²) < 4.78 is 0. The summed E-state index contributed by atoms with van der Waals surface area (Å²) in [6.45, 7) is -0.930. The second kappa shape index (κ2) is 34.3. The van der Waals surface area contributed by atoms with Crippen LogP contribution in [-0.2, 0) is 64.0 Å². The van der Waals surface area contributed by atoms with Crippen molar-refractivity contribution in [2.24, 2.45) is 43.8 Å². The van der Waals surface area contributed by atoms with E-state index in [0.717, 1.165) is 5.56 Å². The Morgan fingerprint density at radius 3 is 1.20 bits per heavy atom. The number of azide groups is 1. The van der Waals surface area contributed by atoms with Gasteiger partial charge in [-0.1, -0.05) is 126 Å². The molecule has 7 atom stereocenters. The van der Waals surface area contributed by atoms with Gasteiger partial charge in [-0.3, -0.25) is 43.5 Å². The first kappa shape index (κ1) is 63.0. The van der Waals surface area contributed by atoms with Gasteiger partial charge in [-0.25, -0.2) is 4.79 Å². The number of carbonyl (C=O) groups is 8. The van der Waals surface area contributed by atoms with Crippen LogP contribution >= 0.6 is 0 Å². The number of carbonyl (C=O) groups excluding carboxylic acids is 7. The highest BCUT2D eigenvalue weighted by Crippen LogP contribution is 2.11. The number of nitrogens with two attached hydrogens (primary N) is 5. The van der Waals surface area contributed by atoms with Gasteiger partial charge in [-0.2, -0.15) is 0 Å². The van der Waals surface area contributed by atoms with Crippen LogP contribution in [0.1, 0.15) is 54.4 Å². The van der Waals surface area contributed by atoms with E-state index in [1.807, 2.05) is 18.2 Å². The normalized spacial score (nSPS) is 13.3. The van der Waals surface area contributed by atoms with Gasteiger partial charge in [0.2, 0.25) is 41.4 Å². The fourth-order valence-electron chi connectivity index (χ4n) is 8.08. The molecule has 0 fully saturated rings. The number of guanidine groups is 2. The Balaban J connectivity index is 1.53. The number of hydrogen-bond acceptors (Lipinski definition) is 12. The molecule has 426 valence electrons. The van der Waals surface area contributed by atoms with E-state index in [1.54, 1.807) is 103 Å². The Morgan fingerprint density at radius 2 is 0.800 bits per heavy atom. The van der Waals surface area contributed by atoms with Gasteiger partial charge < -0.3 is 71.0 Å². The Hall–Kier alpha value is -9.55. The Kier molecular flexibility index (Phi) is 27.0. The quantitative estimate of drug-likeness (QED) is 0.00681. The molecule has 0 spiro atoms. The topological polar surface area (TPSA) is 445 Å². The smallest absolute Gasteiger partial charge is 0.326 e. The third kappa shape index (κ3) is 23.8. The molecule has 4 aromatic carbocycles. The predicted molar refractivity (Wildman–Crippen MR) is 299 cm³/mol. The van der Waals surface area contributed by atoms with Crippen LogP contribution in [0.25, 0.3) is 10.4 Å². The van der Waals surface area contributed by atoms with Crippen LogP contribution in [0.3, 0.4) is 0 Å². The van der Waals surface area contributed by atoms with Crippen LogP contribution in [0.2, 0.25) is 0 Å². The SMILES string of the molecule is [N-]=[N+]=NCC[C@H](NC(=O)[C@H](CCCN=C(N)N)NC(=O)[C@H](Cc1ccccc1)NC(=O)[C@@H](N)Cc1ccccc1)C(=O)NCC(=O)N[C@@H](Cc1ccccc1)C(=O)N[C@@H](CCCN=C(N)N)C(=O)N[C@@H](Cc1ccccc1)C(=O)O. The Morgan fingerprint density at radius 1 is 0.450 bits per heavy atom. The largest absolute Gasteiger partial charge is 0.480 e. The summed E-state index contributed by atoms with van der Waals surface area (Å²) in [5, 5.41) is 31.7. The minimum absolute atomic E-state index is 0.00491. The van der Waals surface area contributed by atoms with Crippen molar-refractivity contribution >= 4 is 59.2 Å². The maximum Gasteiger partial charge on any atom is 0.326 e. The molecule has 0 unspecified atom stereocenters. The lowest BCUT2D eigenvalue weighted by Gasteiger charge is -2.26. The minimum atomic E-state index is -1.47. The van der Waals surface area contributed by atoms with E-state index >= 15 is 0 Å². The van der Waals surface area contributed by atoms with Gasteiger partial charge in [-0.05, 0) is 66.3 Å². The average Bonchev–Trinajstić information content (AvgIpc) is 3.44. The molecule has 26 nitrogen and oxygen atoms in total. The van der Waals surface area contributed by atoms with E-state index in [0.29, 0.717) is 16.7 Å². The first-order valence-corrected chi connectivity index (χ1v) is 25.8. The molecule has 0 aliphatic carbocycles. The van der Waals surface area contributed by atoms with E-state index in [2.05, 4.69) is 57.2 Å². The summed E-state index contributed by atoms with van der Waals surface area (Å²) in [5.74, 6) is -7.46. The zero-order valence-corrected chi connectivity index (χ0v) is 44.1. The lowest BCUT2D eigenvalue weighted by Crippen LogP contribution is -2.59. The fraction of sp³-hybridized carbons (Fsp3) is 0.370. The molecule has 0 saturated heterocycles. The zero-order chi connectivity index (χ0) is 58.2. The maximum absolute atomic E-state index is 14.2. The zero-order valence-electron chi connectivity index (χ0n) is 44.1. The molecule has 4 rings (SSSR count). The van der Waals surface area contributed by atoms with Crippen molar-refractivity contribution in [3.05, 3.63) is 154 Å². The number of nitrogens with one attached hydrogen (secondary N) is 7. The Labute approximate surface area is 462 Å². The van der Waals surface area contributed by atoms with Crippen molar-refractivity contribution in [1.82, 2.24) is 37.2 Å². The summed E-state index contributed by atoms with van der Waals surface area (Å²) >= 11 is 0. The summed E-state index contributed by atoms with van der Waals surface area (Å²) in [6, 6.07) is 25.8. The molecule has 18 N–H and O–H groups in total. The predicted octanol–water partition coefficient (Wildman–Crippen LogP) is -0.798. The second-order valence-corrected chi connectivity index (χ2v) is 18.5. The van der Waals surface area contributed by atoms with E-state index < -0.39 is 96.2 Å². The first-order valence-electron chi connectivity index (χ1n) is 25.8. The van der Waals surface area contributed by atoms with Gasteiger partial charge in [0.25, 0.3) is 0 Å². The molecule has 26 heteroatoms. The summed E-state index contributed by atoms with van der Waals surface area (Å²) in [7, 11) is 0. The molecule has 0 heterocycles. The number of amides is 7. The molecular weight excluding hydrogens is 1030 g/mol. The molecule has 0 aromatic heterocycles. The highest BCUT2D eigenvalue weighted by atomic mass is 16.4. The molecule has 4 aromatic rings. The van der Waals surface area contributed by atoms with Crippen molar-refractivity contribution in [3.8, 4) is 0 Å². The molecule has 7 amide bonds. The standard InChI is InChI=1S/C54H71N17O9/c55-38(29-34-15-5-1-6-16-34)46(73)69-43(31-36-19-9-3-10-20-36)51(78)67-39(23-13-26-61-53(56)57)48(75)68-41(25-28-64-71-60)47(74)63-33-45(72)65-42(30-35-17-7-2-8-18-35)50(77)66-40(24-14-27-62-54(58)59)49(76)70-44(52(79)80)32-37-21-11-4-12-22-37/h1-12,15-22,38-44H,13-14,23-33,55H2,(H,63,74)(H,65,72)(H,66,77)(H,67,78)(H,68,75)(H,69,73)(H,70,76)(H,79,80)(H4,56,57,61)(H4,58,59,62)/t38-,39-,40-,41-,42-,43-,44-/m0/s1. The number of hydrogen-bond donors (Lipinski definition) is 13. The summed E-state index contributed by atoms with van der Waals surface area (Å²) in [5.41, 5.74) is 40.1. The lowest BCUT2D eigenvalue weighted by molar-refractivity contribution is -0.142. The van der Waals surface area contributed by atoms with Gasteiger partial charge in [0, 0.05) is 43.8 Å². The molecular formula is C54H71N17O9. The number of aliphatic imine (C=N–C) groups is 2. The van der Waals surface area contributed by atoms with Crippen LogP contribution in [-0.4, -0.2) is 133 Å². The van der Waals surface area contributed by atoms with Crippen molar-refractivity contribution in [2.45, 2.75) is 100 Å². The number of rotatable bonds is 34. The van der Waals surface area contributed by atoms with Crippen LogP contribution < -0.4 is 65.9 Å².